The van der Waals surface area contributed by atoms with Gasteiger partial charge in [-0.3, -0.25) is 9.58 Å². The van der Waals surface area contributed by atoms with E-state index in [2.05, 4.69) is 23.8 Å². The molecule has 0 amide bonds. The molecule has 0 bridgehead atoms. The van der Waals surface area contributed by atoms with Gasteiger partial charge >= 0.3 is 0 Å². The zero-order valence-electron chi connectivity index (χ0n) is 11.7. The van der Waals surface area contributed by atoms with E-state index < -0.39 is 0 Å². The minimum absolute atomic E-state index is 0.680. The normalized spacial score (nSPS) is 11.4. The third kappa shape index (κ3) is 3.97. The fourth-order valence-electron chi connectivity index (χ4n) is 2.04. The molecule has 0 saturated heterocycles. The number of unbranched alkanes of at least 4 members (excludes halogenated alkanes) is 1. The van der Waals surface area contributed by atoms with E-state index in [1.54, 1.807) is 0 Å². The lowest BCUT2D eigenvalue weighted by Crippen LogP contribution is -2.30. The number of rotatable bonds is 8. The molecule has 0 fully saturated rings. The van der Waals surface area contributed by atoms with Gasteiger partial charge in [0.05, 0.1) is 16.4 Å². The minimum atomic E-state index is 0.680. The number of aryl methyl sites for hydroxylation is 2. The van der Waals surface area contributed by atoms with E-state index in [-0.39, 0.29) is 0 Å². The van der Waals surface area contributed by atoms with E-state index in [1.165, 1.54) is 12.8 Å². The second-order valence-electron chi connectivity index (χ2n) is 4.60. The summed E-state index contributed by atoms with van der Waals surface area (Å²) >= 11 is 6.37. The van der Waals surface area contributed by atoms with Crippen LogP contribution >= 0.6 is 11.6 Å². The topological polar surface area (TPSA) is 47.1 Å². The van der Waals surface area contributed by atoms with Crippen LogP contribution in [-0.2, 0) is 20.0 Å². The molecule has 1 heterocycles. The van der Waals surface area contributed by atoms with Gasteiger partial charge in [0.2, 0.25) is 0 Å². The van der Waals surface area contributed by atoms with Gasteiger partial charge in [-0.05, 0) is 19.4 Å². The number of aromatic nitrogens is 2. The van der Waals surface area contributed by atoms with Crippen LogP contribution in [0.4, 0.5) is 0 Å². The molecule has 0 atom stereocenters. The second-order valence-corrected chi connectivity index (χ2v) is 4.98. The molecule has 0 saturated carbocycles. The number of hydrogen-bond donors (Lipinski definition) is 1. The van der Waals surface area contributed by atoms with Crippen molar-refractivity contribution in [2.24, 2.45) is 12.8 Å². The van der Waals surface area contributed by atoms with Crippen LogP contribution in [0.3, 0.4) is 0 Å². The van der Waals surface area contributed by atoms with Crippen molar-refractivity contribution in [3.8, 4) is 0 Å². The van der Waals surface area contributed by atoms with Crippen LogP contribution in [0.5, 0.6) is 0 Å². The molecule has 0 aromatic carbocycles. The summed E-state index contributed by atoms with van der Waals surface area (Å²) in [6, 6.07) is 0. The van der Waals surface area contributed by atoms with Gasteiger partial charge in [-0.1, -0.05) is 31.9 Å². The molecule has 1 rings (SSSR count). The lowest BCUT2D eigenvalue weighted by molar-refractivity contribution is 0.261. The summed E-state index contributed by atoms with van der Waals surface area (Å²) in [4.78, 5) is 2.35. The first-order valence-corrected chi connectivity index (χ1v) is 7.14. The van der Waals surface area contributed by atoms with Crippen LogP contribution in [-0.4, -0.2) is 34.3 Å². The Labute approximate surface area is 115 Å². The maximum Gasteiger partial charge on any atom is 0.0863 e. The summed E-state index contributed by atoms with van der Waals surface area (Å²) in [6.07, 6.45) is 3.26. The summed E-state index contributed by atoms with van der Waals surface area (Å²) in [5.41, 5.74) is 7.74. The number of hydrogen-bond acceptors (Lipinski definition) is 3. The van der Waals surface area contributed by atoms with Gasteiger partial charge in [0.1, 0.15) is 0 Å². The molecule has 1 aromatic heterocycles. The van der Waals surface area contributed by atoms with Crippen LogP contribution in [0, 0.1) is 0 Å². The van der Waals surface area contributed by atoms with Crippen LogP contribution < -0.4 is 5.73 Å². The Morgan fingerprint density at radius 1 is 1.33 bits per heavy atom. The average molecular weight is 273 g/mol. The van der Waals surface area contributed by atoms with Gasteiger partial charge in [-0.25, -0.2) is 0 Å². The minimum Gasteiger partial charge on any atom is -0.329 e. The van der Waals surface area contributed by atoms with E-state index in [4.69, 9.17) is 17.3 Å². The molecule has 5 heteroatoms. The van der Waals surface area contributed by atoms with Crippen molar-refractivity contribution < 1.29 is 0 Å². The monoisotopic (exact) mass is 272 g/mol. The molecule has 18 heavy (non-hydrogen) atoms. The van der Waals surface area contributed by atoms with E-state index >= 15 is 0 Å². The predicted octanol–water partition coefficient (Wildman–Crippen LogP) is 2.20. The Morgan fingerprint density at radius 2 is 2.06 bits per heavy atom. The Morgan fingerprint density at radius 3 is 2.56 bits per heavy atom. The Balaban J connectivity index is 2.76. The molecule has 0 radical (unpaired) electrons. The Kier molecular flexibility index (Phi) is 6.68. The standard InChI is InChI=1S/C13H25ClN4/c1-4-6-8-18(9-7-15)10-12-13(14)11(5-2)16-17(12)3/h4-10,15H2,1-3H3. The maximum absolute atomic E-state index is 6.37. The highest BCUT2D eigenvalue weighted by Gasteiger charge is 2.15. The van der Waals surface area contributed by atoms with Crippen LogP contribution in [0.15, 0.2) is 0 Å². The van der Waals surface area contributed by atoms with Gasteiger partial charge in [0.15, 0.2) is 0 Å². The van der Waals surface area contributed by atoms with Crippen LogP contribution in [0.1, 0.15) is 38.1 Å². The Hall–Kier alpha value is -0.580. The van der Waals surface area contributed by atoms with Gasteiger partial charge in [-0.15, -0.1) is 0 Å². The van der Waals surface area contributed by atoms with E-state index in [9.17, 15) is 0 Å². The molecule has 104 valence electrons. The van der Waals surface area contributed by atoms with Gasteiger partial charge < -0.3 is 5.73 Å². The highest BCUT2D eigenvalue weighted by Crippen LogP contribution is 2.22. The third-order valence-corrected chi connectivity index (χ3v) is 3.59. The molecule has 0 aliphatic carbocycles. The SMILES string of the molecule is CCCCN(CCN)Cc1c(Cl)c(CC)nn1C. The van der Waals surface area contributed by atoms with Gasteiger partial charge in [0, 0.05) is 26.7 Å². The largest absolute Gasteiger partial charge is 0.329 e. The lowest BCUT2D eigenvalue weighted by atomic mass is 10.2. The summed E-state index contributed by atoms with van der Waals surface area (Å²) in [7, 11) is 1.96. The first kappa shape index (κ1) is 15.5. The predicted molar refractivity (Wildman–Crippen MR) is 76.8 cm³/mol. The number of nitrogens with zero attached hydrogens (tertiary/aromatic N) is 3. The first-order valence-electron chi connectivity index (χ1n) is 6.76. The van der Waals surface area contributed by atoms with Crippen molar-refractivity contribution in [2.45, 2.75) is 39.7 Å². The highest BCUT2D eigenvalue weighted by molar-refractivity contribution is 6.31. The molecule has 0 aliphatic rings. The number of halogens is 1. The molecular formula is C13H25ClN4. The quantitative estimate of drug-likeness (QED) is 0.789. The zero-order chi connectivity index (χ0) is 13.5. The van der Waals surface area contributed by atoms with Crippen LogP contribution in [0.25, 0.3) is 0 Å². The first-order chi connectivity index (χ1) is 8.63. The Bertz CT molecular complexity index is 362. The second kappa shape index (κ2) is 7.77. The fourth-order valence-corrected chi connectivity index (χ4v) is 2.39. The molecule has 0 spiro atoms. The van der Waals surface area contributed by atoms with E-state index in [1.807, 2.05) is 11.7 Å². The van der Waals surface area contributed by atoms with Gasteiger partial charge in [-0.2, -0.15) is 5.10 Å². The molecule has 2 N–H and O–H groups in total. The van der Waals surface area contributed by atoms with E-state index in [0.717, 1.165) is 42.5 Å². The molecule has 0 aliphatic heterocycles. The molecule has 0 unspecified atom stereocenters. The highest BCUT2D eigenvalue weighted by atomic mass is 35.5. The fraction of sp³-hybridized carbons (Fsp3) is 0.769. The summed E-state index contributed by atoms with van der Waals surface area (Å²) in [5.74, 6) is 0. The van der Waals surface area contributed by atoms with E-state index in [0.29, 0.717) is 6.54 Å². The smallest absolute Gasteiger partial charge is 0.0863 e. The molecular weight excluding hydrogens is 248 g/mol. The van der Waals surface area contributed by atoms with Crippen LogP contribution in [0.2, 0.25) is 5.02 Å². The average Bonchev–Trinajstić information content (AvgIpc) is 2.63. The van der Waals surface area contributed by atoms with Crippen molar-refractivity contribution in [3.05, 3.63) is 16.4 Å². The van der Waals surface area contributed by atoms with Crippen molar-refractivity contribution in [1.82, 2.24) is 14.7 Å². The number of nitrogens with two attached hydrogens (primary N) is 1. The summed E-state index contributed by atoms with van der Waals surface area (Å²) in [5, 5.41) is 5.27. The lowest BCUT2D eigenvalue weighted by Gasteiger charge is -2.21. The zero-order valence-corrected chi connectivity index (χ0v) is 12.5. The third-order valence-electron chi connectivity index (χ3n) is 3.15. The summed E-state index contributed by atoms with van der Waals surface area (Å²) < 4.78 is 1.90. The molecule has 4 nitrogen and oxygen atoms in total. The maximum atomic E-state index is 6.37. The van der Waals surface area contributed by atoms with Crippen molar-refractivity contribution >= 4 is 11.6 Å². The van der Waals surface area contributed by atoms with Crippen molar-refractivity contribution in [2.75, 3.05) is 19.6 Å². The van der Waals surface area contributed by atoms with Crippen molar-refractivity contribution in [3.63, 3.8) is 0 Å². The van der Waals surface area contributed by atoms with Crippen molar-refractivity contribution in [1.29, 1.82) is 0 Å². The summed E-state index contributed by atoms with van der Waals surface area (Å²) in [6.45, 7) is 7.76. The molecule has 1 aromatic rings. The van der Waals surface area contributed by atoms with Gasteiger partial charge in [0.25, 0.3) is 0 Å².